The van der Waals surface area contributed by atoms with Crippen LogP contribution in [0.4, 0.5) is 0 Å². The monoisotopic (exact) mass is 477 g/mol. The fourth-order valence-electron chi connectivity index (χ4n) is 2.60. The van der Waals surface area contributed by atoms with E-state index in [1.54, 1.807) is 7.05 Å². The molecule has 1 aromatic carbocycles. The average molecular weight is 477 g/mol. The van der Waals surface area contributed by atoms with Crippen LogP contribution in [0.5, 0.6) is 5.75 Å². The van der Waals surface area contributed by atoms with Crippen molar-refractivity contribution in [3.05, 3.63) is 29.8 Å². The van der Waals surface area contributed by atoms with Crippen LogP contribution in [-0.2, 0) is 9.47 Å². The summed E-state index contributed by atoms with van der Waals surface area (Å²) in [5.74, 6) is 1.64. The molecule has 1 saturated heterocycles. The maximum absolute atomic E-state index is 5.93. The molecule has 2 rings (SSSR count). The smallest absolute Gasteiger partial charge is 0.191 e. The second kappa shape index (κ2) is 12.3. The Morgan fingerprint density at radius 1 is 1.38 bits per heavy atom. The molecule has 0 aliphatic carbocycles. The van der Waals surface area contributed by atoms with Crippen molar-refractivity contribution in [2.75, 3.05) is 33.4 Å². The van der Waals surface area contributed by atoms with Gasteiger partial charge in [-0.1, -0.05) is 12.1 Å². The van der Waals surface area contributed by atoms with Gasteiger partial charge in [-0.3, -0.25) is 4.99 Å². The summed E-state index contributed by atoms with van der Waals surface area (Å²) in [5.41, 5.74) is 1.19. The second-order valence-corrected chi connectivity index (χ2v) is 6.56. The van der Waals surface area contributed by atoms with Gasteiger partial charge in [0.05, 0.1) is 25.9 Å². The minimum Gasteiger partial charge on any atom is -0.489 e. The molecule has 0 radical (unpaired) electrons. The molecule has 0 aromatic heterocycles. The molecule has 6 nitrogen and oxygen atoms in total. The molecule has 1 fully saturated rings. The highest BCUT2D eigenvalue weighted by atomic mass is 127. The van der Waals surface area contributed by atoms with E-state index < -0.39 is 0 Å². The Hall–Kier alpha value is -1.06. The van der Waals surface area contributed by atoms with Gasteiger partial charge in [0.15, 0.2) is 5.96 Å². The lowest BCUT2D eigenvalue weighted by Crippen LogP contribution is -2.46. The topological polar surface area (TPSA) is 64.1 Å². The molecule has 1 heterocycles. The summed E-state index contributed by atoms with van der Waals surface area (Å²) in [7, 11) is 1.76. The Morgan fingerprint density at radius 3 is 2.85 bits per heavy atom. The normalized spacial score (nSPS) is 19.4. The molecule has 2 N–H and O–H groups in total. The fourth-order valence-corrected chi connectivity index (χ4v) is 2.60. The predicted molar refractivity (Wildman–Crippen MR) is 116 cm³/mol. The van der Waals surface area contributed by atoms with Gasteiger partial charge in [-0.2, -0.15) is 0 Å². The number of nitrogens with one attached hydrogen (secondary N) is 2. The highest BCUT2D eigenvalue weighted by Gasteiger charge is 2.17. The molecular formula is C19H32IN3O3. The van der Waals surface area contributed by atoms with Gasteiger partial charge in [0.1, 0.15) is 11.9 Å². The van der Waals surface area contributed by atoms with Crippen LogP contribution in [0.2, 0.25) is 0 Å². The van der Waals surface area contributed by atoms with E-state index in [-0.39, 0.29) is 42.2 Å². The first kappa shape index (κ1) is 23.0. The lowest BCUT2D eigenvalue weighted by Gasteiger charge is -2.21. The van der Waals surface area contributed by atoms with Crippen LogP contribution in [-0.4, -0.2) is 57.6 Å². The average Bonchev–Trinajstić information content (AvgIpc) is 3.10. The van der Waals surface area contributed by atoms with Crippen LogP contribution in [0, 0.1) is 6.92 Å². The number of benzene rings is 1. The Bertz CT molecular complexity index is 551. The first-order valence-electron chi connectivity index (χ1n) is 8.96. The molecule has 148 valence electrons. The van der Waals surface area contributed by atoms with E-state index >= 15 is 0 Å². The van der Waals surface area contributed by atoms with Crippen molar-refractivity contribution >= 4 is 29.9 Å². The summed E-state index contributed by atoms with van der Waals surface area (Å²) in [6, 6.07) is 8.24. The van der Waals surface area contributed by atoms with Crippen molar-refractivity contribution in [3.63, 3.8) is 0 Å². The lowest BCUT2D eigenvalue weighted by molar-refractivity contribution is 0.0347. The summed E-state index contributed by atoms with van der Waals surface area (Å²) in [6.45, 7) is 8.97. The molecule has 0 amide bonds. The number of halogens is 1. The lowest BCUT2D eigenvalue weighted by atomic mass is 10.2. The predicted octanol–water partition coefficient (Wildman–Crippen LogP) is 2.74. The third-order valence-electron chi connectivity index (χ3n) is 3.96. The van der Waals surface area contributed by atoms with Crippen molar-refractivity contribution in [2.45, 2.75) is 45.4 Å². The number of guanidine groups is 1. The highest BCUT2D eigenvalue weighted by Crippen LogP contribution is 2.13. The SMILES string of the molecule is CN=C(NCC(C)Oc1cccc(C)c1)NC(C)COC1CCOC1.I. The Kier molecular flexibility index (Phi) is 10.9. The first-order chi connectivity index (χ1) is 12.1. The number of hydrogen-bond acceptors (Lipinski definition) is 4. The molecule has 1 aliphatic heterocycles. The second-order valence-electron chi connectivity index (χ2n) is 6.56. The molecular weight excluding hydrogens is 445 g/mol. The van der Waals surface area contributed by atoms with Gasteiger partial charge >= 0.3 is 0 Å². The van der Waals surface area contributed by atoms with E-state index in [1.165, 1.54) is 5.56 Å². The molecule has 26 heavy (non-hydrogen) atoms. The zero-order chi connectivity index (χ0) is 18.1. The molecule has 1 aromatic rings. The van der Waals surface area contributed by atoms with Crippen LogP contribution >= 0.6 is 24.0 Å². The van der Waals surface area contributed by atoms with E-state index in [4.69, 9.17) is 14.2 Å². The summed E-state index contributed by atoms with van der Waals surface area (Å²) in [5, 5.41) is 6.63. The number of hydrogen-bond donors (Lipinski definition) is 2. The van der Waals surface area contributed by atoms with Crippen LogP contribution in [0.3, 0.4) is 0 Å². The van der Waals surface area contributed by atoms with Gasteiger partial charge in [0.2, 0.25) is 0 Å². The van der Waals surface area contributed by atoms with Crippen molar-refractivity contribution in [3.8, 4) is 5.75 Å². The fraction of sp³-hybridized carbons (Fsp3) is 0.632. The van der Waals surface area contributed by atoms with E-state index in [1.807, 2.05) is 25.1 Å². The quantitative estimate of drug-likeness (QED) is 0.343. The Labute approximate surface area is 174 Å². The zero-order valence-corrected chi connectivity index (χ0v) is 18.5. The number of nitrogens with zero attached hydrogens (tertiary/aromatic N) is 1. The maximum Gasteiger partial charge on any atom is 0.191 e. The largest absolute Gasteiger partial charge is 0.489 e. The van der Waals surface area contributed by atoms with Crippen molar-refractivity contribution < 1.29 is 14.2 Å². The van der Waals surface area contributed by atoms with Gasteiger partial charge < -0.3 is 24.8 Å². The van der Waals surface area contributed by atoms with Crippen molar-refractivity contribution in [2.24, 2.45) is 4.99 Å². The van der Waals surface area contributed by atoms with Gasteiger partial charge in [-0.25, -0.2) is 0 Å². The molecule has 7 heteroatoms. The standard InChI is InChI=1S/C19H31N3O3.HI/c1-14-6-5-7-17(10-14)25-16(3)11-21-19(20-4)22-15(2)12-24-18-8-9-23-13-18;/h5-7,10,15-16,18H,8-9,11-13H2,1-4H3,(H2,20,21,22);1H. The Balaban J connectivity index is 0.00000338. The molecule has 3 atom stereocenters. The van der Waals surface area contributed by atoms with Gasteiger partial charge in [0, 0.05) is 19.7 Å². The van der Waals surface area contributed by atoms with Gasteiger partial charge in [0.25, 0.3) is 0 Å². The first-order valence-corrected chi connectivity index (χ1v) is 8.96. The van der Waals surface area contributed by atoms with E-state index in [2.05, 4.69) is 35.5 Å². The zero-order valence-electron chi connectivity index (χ0n) is 16.2. The molecule has 0 spiro atoms. The minimum absolute atomic E-state index is 0. The molecule has 3 unspecified atom stereocenters. The third kappa shape index (κ3) is 8.55. The van der Waals surface area contributed by atoms with Crippen LogP contribution in [0.25, 0.3) is 0 Å². The summed E-state index contributed by atoms with van der Waals surface area (Å²) in [4.78, 5) is 4.26. The molecule has 1 aliphatic rings. The van der Waals surface area contributed by atoms with Crippen molar-refractivity contribution in [1.29, 1.82) is 0 Å². The van der Waals surface area contributed by atoms with Crippen molar-refractivity contribution in [1.82, 2.24) is 10.6 Å². The third-order valence-corrected chi connectivity index (χ3v) is 3.96. The van der Waals surface area contributed by atoms with Gasteiger partial charge in [-0.05, 0) is 44.9 Å². The van der Waals surface area contributed by atoms with E-state index in [0.29, 0.717) is 19.8 Å². The summed E-state index contributed by atoms with van der Waals surface area (Å²) < 4.78 is 17.1. The van der Waals surface area contributed by atoms with Crippen LogP contribution in [0.1, 0.15) is 25.8 Å². The highest BCUT2D eigenvalue weighted by molar-refractivity contribution is 14.0. The number of aliphatic imine (C=N–C) groups is 1. The molecule has 0 saturated carbocycles. The van der Waals surface area contributed by atoms with E-state index in [9.17, 15) is 0 Å². The molecule has 0 bridgehead atoms. The number of aryl methyl sites for hydroxylation is 1. The Morgan fingerprint density at radius 2 is 2.19 bits per heavy atom. The van der Waals surface area contributed by atoms with Crippen LogP contribution < -0.4 is 15.4 Å². The van der Waals surface area contributed by atoms with E-state index in [0.717, 1.165) is 24.7 Å². The minimum atomic E-state index is 0. The number of ether oxygens (including phenoxy) is 3. The number of rotatable bonds is 8. The van der Waals surface area contributed by atoms with Crippen LogP contribution in [0.15, 0.2) is 29.3 Å². The summed E-state index contributed by atoms with van der Waals surface area (Å²) in [6.07, 6.45) is 1.23. The maximum atomic E-state index is 5.93. The summed E-state index contributed by atoms with van der Waals surface area (Å²) >= 11 is 0. The van der Waals surface area contributed by atoms with Gasteiger partial charge in [-0.15, -0.1) is 24.0 Å².